The molecule has 4 nitrogen and oxygen atoms in total. The number of likely N-dealkylation sites (tertiary alicyclic amines) is 1. The summed E-state index contributed by atoms with van der Waals surface area (Å²) in [6.45, 7) is 2.47. The first-order valence-corrected chi connectivity index (χ1v) is 8.42. The molecule has 0 radical (unpaired) electrons. The number of nitrogens with zero attached hydrogens (tertiary/aromatic N) is 1. The highest BCUT2D eigenvalue weighted by Gasteiger charge is 2.30. The van der Waals surface area contributed by atoms with E-state index in [0.717, 1.165) is 51.8 Å². The third kappa shape index (κ3) is 3.15. The monoisotopic (exact) mass is 294 g/mol. The number of hydrogen-bond acceptors (Lipinski definition) is 3. The molecule has 0 spiro atoms. The van der Waals surface area contributed by atoms with Gasteiger partial charge in [0.15, 0.2) is 0 Å². The fraction of sp³-hybridized carbons (Fsp3) is 0.667. The molecule has 0 aromatic carbocycles. The summed E-state index contributed by atoms with van der Waals surface area (Å²) in [7, 11) is 0. The molecule has 0 aliphatic carbocycles. The average molecular weight is 294 g/mol. The van der Waals surface area contributed by atoms with E-state index in [2.05, 4.69) is 22.8 Å². The second kappa shape index (κ2) is 6.59. The van der Waals surface area contributed by atoms with Crippen LogP contribution in [0, 0.1) is 0 Å². The van der Waals surface area contributed by atoms with E-state index >= 15 is 0 Å². The van der Waals surface area contributed by atoms with Gasteiger partial charge in [0.05, 0.1) is 12.1 Å². The third-order valence-electron chi connectivity index (χ3n) is 4.15. The van der Waals surface area contributed by atoms with Crippen molar-refractivity contribution in [2.45, 2.75) is 44.2 Å². The lowest BCUT2D eigenvalue weighted by atomic mass is 10.2. The van der Waals surface area contributed by atoms with Crippen molar-refractivity contribution in [3.8, 4) is 0 Å². The summed E-state index contributed by atoms with van der Waals surface area (Å²) in [6.07, 6.45) is 5.76. The first kappa shape index (κ1) is 13.9. The number of carbonyl (C=O) groups excluding carboxylic acids is 1. The van der Waals surface area contributed by atoms with Gasteiger partial charge in [0.2, 0.25) is 0 Å². The van der Waals surface area contributed by atoms with Crippen molar-refractivity contribution < 1.29 is 9.53 Å². The van der Waals surface area contributed by atoms with Gasteiger partial charge in [-0.1, -0.05) is 6.07 Å². The molecule has 110 valence electrons. The molecule has 2 aliphatic heterocycles. The van der Waals surface area contributed by atoms with Gasteiger partial charge in [0.1, 0.15) is 0 Å². The molecule has 0 unspecified atom stereocenters. The standard InChI is InChI=1S/C15H22N2O2S/c18-15(16-8-7-12-4-2-10-19-12)17-9-1-5-13(17)14-6-3-11-20-14/h3,6,11-13H,1-2,4-5,7-10H2,(H,16,18)/t12-,13-/m1/s1. The van der Waals surface area contributed by atoms with Crippen molar-refractivity contribution >= 4 is 17.4 Å². The minimum atomic E-state index is 0.0823. The maximum absolute atomic E-state index is 12.3. The lowest BCUT2D eigenvalue weighted by molar-refractivity contribution is 0.104. The number of carbonyl (C=O) groups is 1. The van der Waals surface area contributed by atoms with E-state index in [0.29, 0.717) is 6.10 Å². The van der Waals surface area contributed by atoms with Crippen LogP contribution in [0.25, 0.3) is 0 Å². The second-order valence-electron chi connectivity index (χ2n) is 5.52. The quantitative estimate of drug-likeness (QED) is 0.926. The number of urea groups is 1. The van der Waals surface area contributed by atoms with Gasteiger partial charge in [0, 0.05) is 24.6 Å². The molecule has 3 heterocycles. The summed E-state index contributed by atoms with van der Waals surface area (Å²) in [6, 6.07) is 4.55. The Morgan fingerprint density at radius 3 is 3.15 bits per heavy atom. The van der Waals surface area contributed by atoms with E-state index in [1.807, 2.05) is 4.90 Å². The molecule has 0 saturated carbocycles. The van der Waals surface area contributed by atoms with Crippen LogP contribution in [0.3, 0.4) is 0 Å². The Morgan fingerprint density at radius 1 is 1.45 bits per heavy atom. The summed E-state index contributed by atoms with van der Waals surface area (Å²) >= 11 is 1.74. The van der Waals surface area contributed by atoms with Crippen LogP contribution >= 0.6 is 11.3 Å². The normalized spacial score (nSPS) is 26.1. The minimum Gasteiger partial charge on any atom is -0.378 e. The molecular formula is C15H22N2O2S. The minimum absolute atomic E-state index is 0.0823. The van der Waals surface area contributed by atoms with Crippen LogP contribution < -0.4 is 5.32 Å². The number of amides is 2. The topological polar surface area (TPSA) is 41.6 Å². The van der Waals surface area contributed by atoms with Gasteiger partial charge in [-0.2, -0.15) is 0 Å². The van der Waals surface area contributed by atoms with Gasteiger partial charge >= 0.3 is 6.03 Å². The van der Waals surface area contributed by atoms with Gasteiger partial charge in [0.25, 0.3) is 0 Å². The molecular weight excluding hydrogens is 272 g/mol. The molecule has 3 rings (SSSR count). The number of hydrogen-bond donors (Lipinski definition) is 1. The molecule has 0 bridgehead atoms. The Hall–Kier alpha value is -1.07. The molecule has 5 heteroatoms. The average Bonchev–Trinajstić information content (AvgIpc) is 3.19. The molecule has 2 atom stereocenters. The largest absolute Gasteiger partial charge is 0.378 e. The third-order valence-corrected chi connectivity index (χ3v) is 5.13. The maximum atomic E-state index is 12.3. The van der Waals surface area contributed by atoms with Crippen molar-refractivity contribution in [3.05, 3.63) is 22.4 Å². The van der Waals surface area contributed by atoms with Crippen molar-refractivity contribution in [1.82, 2.24) is 10.2 Å². The highest BCUT2D eigenvalue weighted by atomic mass is 32.1. The number of thiophene rings is 1. The Labute approximate surface area is 124 Å². The SMILES string of the molecule is O=C(NCC[C@H]1CCCO1)N1CCC[C@@H]1c1cccs1. The summed E-state index contributed by atoms with van der Waals surface area (Å²) in [5.41, 5.74) is 0. The second-order valence-corrected chi connectivity index (χ2v) is 6.50. The number of nitrogens with one attached hydrogen (secondary N) is 1. The van der Waals surface area contributed by atoms with E-state index in [-0.39, 0.29) is 12.1 Å². The van der Waals surface area contributed by atoms with E-state index in [1.165, 1.54) is 4.88 Å². The molecule has 1 aromatic heterocycles. The van der Waals surface area contributed by atoms with Crippen LogP contribution in [-0.2, 0) is 4.74 Å². The highest BCUT2D eigenvalue weighted by Crippen LogP contribution is 2.34. The maximum Gasteiger partial charge on any atom is 0.317 e. The van der Waals surface area contributed by atoms with Crippen molar-refractivity contribution in [2.24, 2.45) is 0 Å². The Bertz CT molecular complexity index is 429. The van der Waals surface area contributed by atoms with Crippen LogP contribution in [-0.4, -0.2) is 36.7 Å². The summed E-state index contributed by atoms with van der Waals surface area (Å²) in [5.74, 6) is 0. The molecule has 20 heavy (non-hydrogen) atoms. The van der Waals surface area contributed by atoms with E-state index in [9.17, 15) is 4.79 Å². The highest BCUT2D eigenvalue weighted by molar-refractivity contribution is 7.10. The van der Waals surface area contributed by atoms with Gasteiger partial charge < -0.3 is 15.0 Å². The number of rotatable bonds is 4. The smallest absolute Gasteiger partial charge is 0.317 e. The predicted molar refractivity (Wildman–Crippen MR) is 80.0 cm³/mol. The molecule has 1 N–H and O–H groups in total. The first-order valence-electron chi connectivity index (χ1n) is 7.54. The van der Waals surface area contributed by atoms with E-state index < -0.39 is 0 Å². The fourth-order valence-electron chi connectivity index (χ4n) is 3.10. The molecule has 2 amide bonds. The summed E-state index contributed by atoms with van der Waals surface area (Å²) in [4.78, 5) is 15.6. The van der Waals surface area contributed by atoms with Gasteiger partial charge in [-0.3, -0.25) is 0 Å². The van der Waals surface area contributed by atoms with E-state index in [4.69, 9.17) is 4.74 Å². The lowest BCUT2D eigenvalue weighted by Gasteiger charge is -2.24. The zero-order valence-corrected chi connectivity index (χ0v) is 12.5. The van der Waals surface area contributed by atoms with Gasteiger partial charge in [-0.25, -0.2) is 4.79 Å². The Morgan fingerprint density at radius 2 is 2.40 bits per heavy atom. The fourth-order valence-corrected chi connectivity index (χ4v) is 3.97. The van der Waals surface area contributed by atoms with Crippen LogP contribution in [0.4, 0.5) is 4.79 Å². The Balaban J connectivity index is 1.48. The summed E-state index contributed by atoms with van der Waals surface area (Å²) in [5, 5.41) is 5.14. The van der Waals surface area contributed by atoms with E-state index in [1.54, 1.807) is 11.3 Å². The van der Waals surface area contributed by atoms with Crippen molar-refractivity contribution in [2.75, 3.05) is 19.7 Å². The number of ether oxygens (including phenoxy) is 1. The van der Waals surface area contributed by atoms with Crippen LogP contribution in [0.15, 0.2) is 17.5 Å². The van der Waals surface area contributed by atoms with Crippen LogP contribution in [0.2, 0.25) is 0 Å². The van der Waals surface area contributed by atoms with Gasteiger partial charge in [-0.05, 0) is 43.6 Å². The molecule has 2 fully saturated rings. The van der Waals surface area contributed by atoms with Gasteiger partial charge in [-0.15, -0.1) is 11.3 Å². The lowest BCUT2D eigenvalue weighted by Crippen LogP contribution is -2.40. The molecule has 2 saturated heterocycles. The zero-order valence-electron chi connectivity index (χ0n) is 11.7. The Kier molecular flexibility index (Phi) is 4.58. The molecule has 2 aliphatic rings. The van der Waals surface area contributed by atoms with Crippen LogP contribution in [0.1, 0.15) is 43.0 Å². The first-order chi connectivity index (χ1) is 9.84. The summed E-state index contributed by atoms with van der Waals surface area (Å²) < 4.78 is 5.58. The molecule has 1 aromatic rings. The van der Waals surface area contributed by atoms with Crippen LogP contribution in [0.5, 0.6) is 0 Å². The predicted octanol–water partition coefficient (Wildman–Crippen LogP) is 3.16. The van der Waals surface area contributed by atoms with Crippen molar-refractivity contribution in [1.29, 1.82) is 0 Å². The zero-order chi connectivity index (χ0) is 13.8. The van der Waals surface area contributed by atoms with Crippen molar-refractivity contribution in [3.63, 3.8) is 0 Å².